The summed E-state index contributed by atoms with van der Waals surface area (Å²) in [4.78, 5) is 0. The van der Waals surface area contributed by atoms with Crippen LogP contribution in [-0.4, -0.2) is 19.3 Å². The van der Waals surface area contributed by atoms with Crippen LogP contribution < -0.4 is 5.73 Å². The Hall–Kier alpha value is -0.520. The third-order valence-corrected chi connectivity index (χ3v) is 2.13. The molecular formula is C11H21NO. The van der Waals surface area contributed by atoms with Crippen LogP contribution >= 0.6 is 0 Å². The van der Waals surface area contributed by atoms with E-state index in [-0.39, 0.29) is 12.1 Å². The number of hydrogen-bond acceptors (Lipinski definition) is 2. The minimum absolute atomic E-state index is 0.130. The zero-order valence-corrected chi connectivity index (χ0v) is 8.97. The van der Waals surface area contributed by atoms with E-state index in [1.807, 2.05) is 6.92 Å². The van der Waals surface area contributed by atoms with Crippen molar-refractivity contribution >= 4 is 0 Å². The van der Waals surface area contributed by atoms with Crippen LogP contribution in [0, 0.1) is 11.8 Å². The lowest BCUT2D eigenvalue weighted by molar-refractivity contribution is 0.0706. The average molecular weight is 183 g/mol. The maximum atomic E-state index is 5.96. The zero-order chi connectivity index (χ0) is 10.1. The smallest absolute Gasteiger partial charge is 0.0722 e. The predicted molar refractivity (Wildman–Crippen MR) is 56.4 cm³/mol. The molecule has 2 N–H and O–H groups in total. The molecule has 0 saturated heterocycles. The molecule has 13 heavy (non-hydrogen) atoms. The maximum Gasteiger partial charge on any atom is 0.0722 e. The molecule has 0 aliphatic rings. The van der Waals surface area contributed by atoms with Crippen molar-refractivity contribution in [3.8, 4) is 11.8 Å². The Morgan fingerprint density at radius 2 is 2.08 bits per heavy atom. The second-order valence-corrected chi connectivity index (χ2v) is 3.19. The molecule has 2 unspecified atom stereocenters. The first-order valence-corrected chi connectivity index (χ1v) is 4.94. The molecule has 0 amide bonds. The van der Waals surface area contributed by atoms with Crippen LogP contribution in [0.1, 0.15) is 39.5 Å². The van der Waals surface area contributed by atoms with Crippen molar-refractivity contribution in [2.75, 3.05) is 7.11 Å². The summed E-state index contributed by atoms with van der Waals surface area (Å²) < 4.78 is 5.31. The van der Waals surface area contributed by atoms with Crippen LogP contribution in [0.5, 0.6) is 0 Å². The van der Waals surface area contributed by atoms with Gasteiger partial charge in [-0.05, 0) is 19.8 Å². The minimum atomic E-state index is 0.130. The number of nitrogens with two attached hydrogens (primary N) is 1. The van der Waals surface area contributed by atoms with Gasteiger partial charge in [-0.3, -0.25) is 0 Å². The molecule has 2 nitrogen and oxygen atoms in total. The van der Waals surface area contributed by atoms with Crippen LogP contribution in [-0.2, 0) is 4.74 Å². The lowest BCUT2D eigenvalue weighted by atomic mass is 10.0. The van der Waals surface area contributed by atoms with Gasteiger partial charge in [0, 0.05) is 19.6 Å². The van der Waals surface area contributed by atoms with Gasteiger partial charge in [-0.25, -0.2) is 0 Å². The molecule has 0 heterocycles. The van der Waals surface area contributed by atoms with Crippen molar-refractivity contribution in [1.82, 2.24) is 0 Å². The summed E-state index contributed by atoms with van der Waals surface area (Å²) in [5, 5.41) is 0. The normalized spacial score (nSPS) is 14.5. The summed E-state index contributed by atoms with van der Waals surface area (Å²) in [6.07, 6.45) is 4.16. The topological polar surface area (TPSA) is 35.2 Å². The molecule has 0 saturated carbocycles. The van der Waals surface area contributed by atoms with Crippen LogP contribution in [0.25, 0.3) is 0 Å². The second-order valence-electron chi connectivity index (χ2n) is 3.19. The van der Waals surface area contributed by atoms with Crippen molar-refractivity contribution < 1.29 is 4.74 Å². The van der Waals surface area contributed by atoms with E-state index in [9.17, 15) is 0 Å². The first kappa shape index (κ1) is 12.5. The molecule has 0 spiro atoms. The molecule has 0 aromatic carbocycles. The van der Waals surface area contributed by atoms with Gasteiger partial charge in [0.05, 0.1) is 6.10 Å². The van der Waals surface area contributed by atoms with Crippen molar-refractivity contribution in [1.29, 1.82) is 0 Å². The highest BCUT2D eigenvalue weighted by Gasteiger charge is 2.14. The molecule has 0 fully saturated rings. The average Bonchev–Trinajstić information content (AvgIpc) is 2.14. The summed E-state index contributed by atoms with van der Waals surface area (Å²) in [6, 6.07) is 0.130. The fraction of sp³-hybridized carbons (Fsp3) is 0.818. The van der Waals surface area contributed by atoms with Gasteiger partial charge >= 0.3 is 0 Å². The first-order chi connectivity index (χ1) is 6.26. The fourth-order valence-electron chi connectivity index (χ4n) is 1.34. The zero-order valence-electron chi connectivity index (χ0n) is 8.97. The summed E-state index contributed by atoms with van der Waals surface area (Å²) in [7, 11) is 1.73. The third-order valence-electron chi connectivity index (χ3n) is 2.13. The lowest BCUT2D eigenvalue weighted by Gasteiger charge is -2.21. The number of hydrogen-bond donors (Lipinski definition) is 1. The monoisotopic (exact) mass is 183 g/mol. The van der Waals surface area contributed by atoms with Gasteiger partial charge in [-0.2, -0.15) is 0 Å². The van der Waals surface area contributed by atoms with E-state index in [1.165, 1.54) is 0 Å². The summed E-state index contributed by atoms with van der Waals surface area (Å²) in [5.74, 6) is 5.88. The Morgan fingerprint density at radius 1 is 1.38 bits per heavy atom. The van der Waals surface area contributed by atoms with E-state index < -0.39 is 0 Å². The van der Waals surface area contributed by atoms with Crippen LogP contribution in [0.4, 0.5) is 0 Å². The molecule has 0 aliphatic heterocycles. The first-order valence-electron chi connectivity index (χ1n) is 4.94. The van der Waals surface area contributed by atoms with Crippen LogP contribution in [0.3, 0.4) is 0 Å². The van der Waals surface area contributed by atoms with E-state index >= 15 is 0 Å². The van der Waals surface area contributed by atoms with E-state index in [1.54, 1.807) is 7.11 Å². The Morgan fingerprint density at radius 3 is 2.54 bits per heavy atom. The number of rotatable bonds is 6. The standard InChI is InChI=1S/C11H21NO/c1-4-6-7-9-10(12)11(13-3)8-5-2/h10-11H,5,7-9,12H2,1-3H3. The van der Waals surface area contributed by atoms with E-state index in [4.69, 9.17) is 10.5 Å². The van der Waals surface area contributed by atoms with E-state index in [2.05, 4.69) is 18.8 Å². The molecule has 0 aliphatic carbocycles. The highest BCUT2D eigenvalue weighted by molar-refractivity contribution is 4.95. The molecular weight excluding hydrogens is 162 g/mol. The van der Waals surface area contributed by atoms with Crippen molar-refractivity contribution in [2.24, 2.45) is 5.73 Å². The summed E-state index contributed by atoms with van der Waals surface area (Å²) in [5.41, 5.74) is 5.96. The third kappa shape index (κ3) is 5.68. The van der Waals surface area contributed by atoms with Gasteiger partial charge in [0.2, 0.25) is 0 Å². The Balaban J connectivity index is 3.73. The fourth-order valence-corrected chi connectivity index (χ4v) is 1.34. The van der Waals surface area contributed by atoms with Crippen molar-refractivity contribution in [3.05, 3.63) is 0 Å². The van der Waals surface area contributed by atoms with E-state index in [0.29, 0.717) is 0 Å². The number of ether oxygens (including phenoxy) is 1. The van der Waals surface area contributed by atoms with Gasteiger partial charge in [0.15, 0.2) is 0 Å². The highest BCUT2D eigenvalue weighted by atomic mass is 16.5. The van der Waals surface area contributed by atoms with Crippen LogP contribution in [0.15, 0.2) is 0 Å². The quantitative estimate of drug-likeness (QED) is 0.639. The summed E-state index contributed by atoms with van der Waals surface area (Å²) in [6.45, 7) is 4.00. The highest BCUT2D eigenvalue weighted by Crippen LogP contribution is 2.08. The Kier molecular flexibility index (Phi) is 7.77. The molecule has 76 valence electrons. The largest absolute Gasteiger partial charge is 0.380 e. The minimum Gasteiger partial charge on any atom is -0.380 e. The van der Waals surface area contributed by atoms with Gasteiger partial charge in [0.1, 0.15) is 0 Å². The molecule has 2 heteroatoms. The van der Waals surface area contributed by atoms with Gasteiger partial charge in [-0.1, -0.05) is 13.3 Å². The second kappa shape index (κ2) is 8.10. The van der Waals surface area contributed by atoms with Crippen molar-refractivity contribution in [2.45, 2.75) is 51.7 Å². The molecule has 0 aromatic rings. The molecule has 0 aromatic heterocycles. The molecule has 0 rings (SSSR count). The lowest BCUT2D eigenvalue weighted by Crippen LogP contribution is -2.35. The molecule has 0 bridgehead atoms. The Labute approximate surface area is 81.8 Å². The van der Waals surface area contributed by atoms with Crippen LogP contribution in [0.2, 0.25) is 0 Å². The molecule has 0 radical (unpaired) electrons. The van der Waals surface area contributed by atoms with Gasteiger partial charge < -0.3 is 10.5 Å². The predicted octanol–water partition coefficient (Wildman–Crippen LogP) is 1.93. The Bertz CT molecular complexity index is 169. The molecule has 2 atom stereocenters. The van der Waals surface area contributed by atoms with E-state index in [0.717, 1.165) is 25.7 Å². The van der Waals surface area contributed by atoms with Gasteiger partial charge in [-0.15, -0.1) is 11.8 Å². The SMILES string of the molecule is CC#CCCC(N)C(CCC)OC. The van der Waals surface area contributed by atoms with Gasteiger partial charge in [0.25, 0.3) is 0 Å². The van der Waals surface area contributed by atoms with Crippen molar-refractivity contribution in [3.63, 3.8) is 0 Å². The number of methoxy groups -OCH3 is 1. The maximum absolute atomic E-state index is 5.96. The summed E-state index contributed by atoms with van der Waals surface area (Å²) >= 11 is 0.